The molecule has 0 fully saturated rings. The normalized spacial score (nSPS) is 10.6. The van der Waals surface area contributed by atoms with Crippen LogP contribution in [0.5, 0.6) is 5.75 Å². The van der Waals surface area contributed by atoms with Crippen LogP contribution in [0.15, 0.2) is 35.0 Å². The minimum absolute atomic E-state index is 0.417. The molecule has 3 rings (SSSR count). The van der Waals surface area contributed by atoms with E-state index in [9.17, 15) is 0 Å². The molecule has 96 valence electrons. The summed E-state index contributed by atoms with van der Waals surface area (Å²) in [6, 6.07) is 7.43. The van der Waals surface area contributed by atoms with E-state index >= 15 is 0 Å². The summed E-state index contributed by atoms with van der Waals surface area (Å²) < 4.78 is 10.3. The SMILES string of the molecule is COc1ccc(-c2noc(-c3cnc(N)s3)n2)cc1. The second-order valence-corrected chi connectivity index (χ2v) is 4.78. The summed E-state index contributed by atoms with van der Waals surface area (Å²) in [6.45, 7) is 0. The molecule has 2 aromatic heterocycles. The van der Waals surface area contributed by atoms with Gasteiger partial charge in [0.05, 0.1) is 13.3 Å². The molecule has 0 bridgehead atoms. The van der Waals surface area contributed by atoms with E-state index in [2.05, 4.69) is 15.1 Å². The van der Waals surface area contributed by atoms with E-state index in [-0.39, 0.29) is 0 Å². The van der Waals surface area contributed by atoms with Crippen molar-refractivity contribution in [2.45, 2.75) is 0 Å². The number of rotatable bonds is 3. The van der Waals surface area contributed by atoms with Gasteiger partial charge < -0.3 is 15.0 Å². The minimum Gasteiger partial charge on any atom is -0.497 e. The third-order valence-electron chi connectivity index (χ3n) is 2.51. The van der Waals surface area contributed by atoms with Crippen LogP contribution < -0.4 is 10.5 Å². The summed E-state index contributed by atoms with van der Waals surface area (Å²) in [7, 11) is 1.62. The topological polar surface area (TPSA) is 87.1 Å². The molecular formula is C12H10N4O2S. The van der Waals surface area contributed by atoms with Gasteiger partial charge in [0.15, 0.2) is 5.13 Å². The van der Waals surface area contributed by atoms with Crippen molar-refractivity contribution >= 4 is 16.5 Å². The Labute approximate surface area is 112 Å². The standard InChI is InChI=1S/C12H10N4O2S/c1-17-8-4-2-7(3-5-8)10-15-11(18-16-10)9-6-14-12(13)19-9/h2-6H,1H3,(H2,13,14). The maximum Gasteiger partial charge on any atom is 0.270 e. The Hall–Kier alpha value is -2.41. The molecule has 0 aliphatic carbocycles. The molecule has 0 radical (unpaired) electrons. The van der Waals surface area contributed by atoms with Crippen LogP contribution in [-0.4, -0.2) is 22.2 Å². The molecule has 0 spiro atoms. The second-order valence-electron chi connectivity index (χ2n) is 3.71. The monoisotopic (exact) mass is 274 g/mol. The predicted molar refractivity (Wildman–Crippen MR) is 71.8 cm³/mol. The zero-order valence-electron chi connectivity index (χ0n) is 10.0. The van der Waals surface area contributed by atoms with Gasteiger partial charge in [-0.1, -0.05) is 16.5 Å². The van der Waals surface area contributed by atoms with Crippen molar-refractivity contribution < 1.29 is 9.26 Å². The van der Waals surface area contributed by atoms with Crippen LogP contribution in [-0.2, 0) is 0 Å². The van der Waals surface area contributed by atoms with Crippen molar-refractivity contribution in [3.8, 4) is 27.9 Å². The smallest absolute Gasteiger partial charge is 0.270 e. The lowest BCUT2D eigenvalue weighted by atomic mass is 10.2. The first-order chi connectivity index (χ1) is 9.26. The van der Waals surface area contributed by atoms with Gasteiger partial charge in [-0.25, -0.2) is 4.98 Å². The Kier molecular flexibility index (Phi) is 2.88. The molecule has 0 atom stereocenters. The predicted octanol–water partition coefficient (Wildman–Crippen LogP) is 2.45. The van der Waals surface area contributed by atoms with E-state index in [1.807, 2.05) is 24.3 Å². The molecule has 0 saturated carbocycles. The van der Waals surface area contributed by atoms with Gasteiger partial charge in [-0.15, -0.1) is 0 Å². The van der Waals surface area contributed by atoms with Crippen LogP contribution in [0, 0.1) is 0 Å². The number of benzene rings is 1. The summed E-state index contributed by atoms with van der Waals surface area (Å²) in [4.78, 5) is 9.02. The first-order valence-corrected chi connectivity index (χ1v) is 6.28. The Morgan fingerprint density at radius 1 is 1.26 bits per heavy atom. The van der Waals surface area contributed by atoms with Crippen LogP contribution >= 0.6 is 11.3 Å². The van der Waals surface area contributed by atoms with Crippen molar-refractivity contribution in [3.05, 3.63) is 30.5 Å². The van der Waals surface area contributed by atoms with Crippen LogP contribution in [0.25, 0.3) is 22.2 Å². The molecule has 0 amide bonds. The van der Waals surface area contributed by atoms with Gasteiger partial charge in [-0.3, -0.25) is 0 Å². The molecule has 0 aliphatic rings. The van der Waals surface area contributed by atoms with Crippen LogP contribution in [0.4, 0.5) is 5.13 Å². The number of ether oxygens (including phenoxy) is 1. The fraction of sp³-hybridized carbons (Fsp3) is 0.0833. The van der Waals surface area contributed by atoms with Crippen molar-refractivity contribution in [2.24, 2.45) is 0 Å². The highest BCUT2D eigenvalue weighted by Gasteiger charge is 2.12. The number of aromatic nitrogens is 3. The lowest BCUT2D eigenvalue weighted by Crippen LogP contribution is -1.84. The van der Waals surface area contributed by atoms with Gasteiger partial charge in [0.1, 0.15) is 10.6 Å². The number of hydrogen-bond donors (Lipinski definition) is 1. The largest absolute Gasteiger partial charge is 0.497 e. The van der Waals surface area contributed by atoms with Crippen LogP contribution in [0.3, 0.4) is 0 Å². The van der Waals surface area contributed by atoms with Crippen LogP contribution in [0.2, 0.25) is 0 Å². The van der Waals surface area contributed by atoms with E-state index < -0.39 is 0 Å². The van der Waals surface area contributed by atoms with Crippen molar-refractivity contribution in [2.75, 3.05) is 12.8 Å². The lowest BCUT2D eigenvalue weighted by Gasteiger charge is -1.98. The van der Waals surface area contributed by atoms with Gasteiger partial charge in [-0.05, 0) is 24.3 Å². The molecule has 2 N–H and O–H groups in total. The lowest BCUT2D eigenvalue weighted by molar-refractivity contribution is 0.415. The summed E-state index contributed by atoms with van der Waals surface area (Å²) >= 11 is 1.31. The number of anilines is 1. The molecule has 0 aliphatic heterocycles. The van der Waals surface area contributed by atoms with Gasteiger partial charge >= 0.3 is 0 Å². The zero-order valence-corrected chi connectivity index (χ0v) is 10.8. The molecule has 19 heavy (non-hydrogen) atoms. The second kappa shape index (κ2) is 4.69. The molecule has 3 aromatic rings. The van der Waals surface area contributed by atoms with Crippen LogP contribution in [0.1, 0.15) is 0 Å². The first kappa shape index (κ1) is 11.7. The fourth-order valence-electron chi connectivity index (χ4n) is 1.57. The minimum atomic E-state index is 0.417. The fourth-order valence-corrected chi connectivity index (χ4v) is 2.17. The van der Waals surface area contributed by atoms with Crippen molar-refractivity contribution in [3.63, 3.8) is 0 Å². The highest BCUT2D eigenvalue weighted by atomic mass is 32.1. The third kappa shape index (κ3) is 2.27. The van der Waals surface area contributed by atoms with E-state index in [1.54, 1.807) is 13.3 Å². The summed E-state index contributed by atoms with van der Waals surface area (Å²) in [6.07, 6.45) is 1.62. The molecule has 7 heteroatoms. The average Bonchev–Trinajstić information content (AvgIpc) is 3.07. The summed E-state index contributed by atoms with van der Waals surface area (Å²) in [5.41, 5.74) is 6.42. The Bertz CT molecular complexity index is 690. The molecular weight excluding hydrogens is 264 g/mol. The third-order valence-corrected chi connectivity index (χ3v) is 3.32. The van der Waals surface area contributed by atoms with E-state index in [1.165, 1.54) is 11.3 Å². The van der Waals surface area contributed by atoms with Crippen molar-refractivity contribution in [1.29, 1.82) is 0 Å². The molecule has 2 heterocycles. The number of thiazole rings is 1. The summed E-state index contributed by atoms with van der Waals surface area (Å²) in [5, 5.41) is 4.41. The maximum atomic E-state index is 5.57. The highest BCUT2D eigenvalue weighted by Crippen LogP contribution is 2.28. The van der Waals surface area contributed by atoms with Crippen molar-refractivity contribution in [1.82, 2.24) is 15.1 Å². The number of nitrogens with two attached hydrogens (primary N) is 1. The number of methoxy groups -OCH3 is 1. The quantitative estimate of drug-likeness (QED) is 0.789. The molecule has 0 unspecified atom stereocenters. The Morgan fingerprint density at radius 3 is 2.68 bits per heavy atom. The number of hydrogen-bond acceptors (Lipinski definition) is 7. The van der Waals surface area contributed by atoms with E-state index in [0.717, 1.165) is 16.2 Å². The first-order valence-electron chi connectivity index (χ1n) is 5.46. The molecule has 1 aromatic carbocycles. The zero-order chi connectivity index (χ0) is 13.2. The van der Waals surface area contributed by atoms with Gasteiger partial charge in [0.25, 0.3) is 5.89 Å². The number of nitrogen functional groups attached to an aromatic ring is 1. The Balaban J connectivity index is 1.91. The van der Waals surface area contributed by atoms with Gasteiger partial charge in [0, 0.05) is 5.56 Å². The highest BCUT2D eigenvalue weighted by molar-refractivity contribution is 7.18. The molecule has 6 nitrogen and oxygen atoms in total. The number of nitrogens with zero attached hydrogens (tertiary/aromatic N) is 3. The van der Waals surface area contributed by atoms with Gasteiger partial charge in [0.2, 0.25) is 5.82 Å². The van der Waals surface area contributed by atoms with Gasteiger partial charge in [-0.2, -0.15) is 4.98 Å². The average molecular weight is 274 g/mol. The molecule has 0 saturated heterocycles. The van der Waals surface area contributed by atoms with E-state index in [0.29, 0.717) is 16.8 Å². The summed E-state index contributed by atoms with van der Waals surface area (Å²) in [5.74, 6) is 1.72. The van der Waals surface area contributed by atoms with E-state index in [4.69, 9.17) is 15.0 Å². The maximum absolute atomic E-state index is 5.57. The Morgan fingerprint density at radius 2 is 2.05 bits per heavy atom.